The molecule has 0 spiro atoms. The first-order valence-corrected chi connectivity index (χ1v) is 9.87. The minimum absolute atomic E-state index is 0.0854. The smallest absolute Gasteiger partial charge is 0.273 e. The van der Waals surface area contributed by atoms with E-state index in [0.717, 1.165) is 12.8 Å². The monoisotopic (exact) mass is 415 g/mol. The first-order chi connectivity index (χ1) is 14.3. The zero-order valence-corrected chi connectivity index (χ0v) is 17.1. The van der Waals surface area contributed by atoms with Crippen LogP contribution in [0.3, 0.4) is 0 Å². The van der Waals surface area contributed by atoms with Gasteiger partial charge in [-0.2, -0.15) is 0 Å². The molecular formula is C22H26FN3O4. The number of halogens is 1. The number of unbranched alkanes of at least 4 members (excludes halogenated alkanes) is 1. The molecule has 2 rings (SSSR count). The molecule has 0 aliphatic heterocycles. The number of nitro benzene ring substituents is 1. The van der Waals surface area contributed by atoms with Gasteiger partial charge in [-0.05, 0) is 31.0 Å². The summed E-state index contributed by atoms with van der Waals surface area (Å²) >= 11 is 0. The Kier molecular flexibility index (Phi) is 8.46. The van der Waals surface area contributed by atoms with Crippen LogP contribution in [0.2, 0.25) is 0 Å². The SMILES string of the molecule is CCCCNC(=O)C(C)N(Cc1ccc(F)cc1)C(=O)Cc1ccccc1[N+](=O)[O-]. The number of para-hydroxylation sites is 1. The van der Waals surface area contributed by atoms with Gasteiger partial charge in [0.1, 0.15) is 11.9 Å². The van der Waals surface area contributed by atoms with E-state index < -0.39 is 22.7 Å². The van der Waals surface area contributed by atoms with E-state index in [2.05, 4.69) is 5.32 Å². The summed E-state index contributed by atoms with van der Waals surface area (Å²) in [4.78, 5) is 37.7. The van der Waals surface area contributed by atoms with Gasteiger partial charge in [-0.25, -0.2) is 4.39 Å². The van der Waals surface area contributed by atoms with Crippen molar-refractivity contribution < 1.29 is 18.9 Å². The maximum absolute atomic E-state index is 13.2. The zero-order valence-electron chi connectivity index (χ0n) is 17.1. The van der Waals surface area contributed by atoms with Crippen LogP contribution in [0.4, 0.5) is 10.1 Å². The molecule has 2 aromatic carbocycles. The molecule has 1 atom stereocenters. The second-order valence-electron chi connectivity index (χ2n) is 7.03. The van der Waals surface area contributed by atoms with Crippen LogP contribution in [0.5, 0.6) is 0 Å². The largest absolute Gasteiger partial charge is 0.354 e. The van der Waals surface area contributed by atoms with Crippen LogP contribution in [0, 0.1) is 15.9 Å². The minimum atomic E-state index is -0.790. The van der Waals surface area contributed by atoms with E-state index >= 15 is 0 Å². The van der Waals surface area contributed by atoms with Gasteiger partial charge in [0.2, 0.25) is 11.8 Å². The number of nitrogens with one attached hydrogen (secondary N) is 1. The third-order valence-corrected chi connectivity index (χ3v) is 4.79. The number of benzene rings is 2. The molecule has 0 radical (unpaired) electrons. The lowest BCUT2D eigenvalue weighted by Gasteiger charge is -2.29. The highest BCUT2D eigenvalue weighted by molar-refractivity contribution is 5.88. The van der Waals surface area contributed by atoms with Crippen molar-refractivity contribution in [2.45, 2.75) is 45.7 Å². The average molecular weight is 415 g/mol. The van der Waals surface area contributed by atoms with E-state index in [9.17, 15) is 24.1 Å². The topological polar surface area (TPSA) is 92.6 Å². The molecule has 8 heteroatoms. The van der Waals surface area contributed by atoms with Crippen molar-refractivity contribution in [2.24, 2.45) is 0 Å². The Labute approximate surface area is 175 Å². The van der Waals surface area contributed by atoms with Crippen LogP contribution in [0.1, 0.15) is 37.8 Å². The molecule has 160 valence electrons. The molecule has 0 aliphatic carbocycles. The fourth-order valence-corrected chi connectivity index (χ4v) is 3.01. The summed E-state index contributed by atoms with van der Waals surface area (Å²) in [5.41, 5.74) is 0.781. The third kappa shape index (κ3) is 6.37. The zero-order chi connectivity index (χ0) is 22.1. The number of carbonyl (C=O) groups is 2. The molecule has 0 saturated carbocycles. The highest BCUT2D eigenvalue weighted by atomic mass is 19.1. The summed E-state index contributed by atoms with van der Waals surface area (Å²) in [5.74, 6) is -1.13. The van der Waals surface area contributed by atoms with Gasteiger partial charge in [0.05, 0.1) is 11.3 Å². The van der Waals surface area contributed by atoms with Crippen molar-refractivity contribution in [1.29, 1.82) is 0 Å². The molecule has 0 saturated heterocycles. The molecule has 0 aliphatic rings. The number of hydrogen-bond donors (Lipinski definition) is 1. The molecule has 1 N–H and O–H groups in total. The van der Waals surface area contributed by atoms with E-state index in [0.29, 0.717) is 12.1 Å². The molecular weight excluding hydrogens is 389 g/mol. The summed E-state index contributed by atoms with van der Waals surface area (Å²) in [5, 5.41) is 14.1. The molecule has 7 nitrogen and oxygen atoms in total. The Balaban J connectivity index is 2.25. The maximum Gasteiger partial charge on any atom is 0.273 e. The van der Waals surface area contributed by atoms with E-state index in [1.165, 1.54) is 35.2 Å². The van der Waals surface area contributed by atoms with Crippen LogP contribution < -0.4 is 5.32 Å². The highest BCUT2D eigenvalue weighted by Crippen LogP contribution is 2.20. The predicted molar refractivity (Wildman–Crippen MR) is 111 cm³/mol. The number of amides is 2. The highest BCUT2D eigenvalue weighted by Gasteiger charge is 2.27. The van der Waals surface area contributed by atoms with Crippen molar-refractivity contribution in [3.05, 3.63) is 75.6 Å². The Hall–Kier alpha value is -3.29. The van der Waals surface area contributed by atoms with Gasteiger partial charge >= 0.3 is 0 Å². The molecule has 0 aromatic heterocycles. The van der Waals surface area contributed by atoms with Crippen molar-refractivity contribution in [2.75, 3.05) is 6.54 Å². The Bertz CT molecular complexity index is 886. The second-order valence-corrected chi connectivity index (χ2v) is 7.03. The maximum atomic E-state index is 13.2. The lowest BCUT2D eigenvalue weighted by Crippen LogP contribution is -2.48. The number of rotatable bonds is 10. The standard InChI is InChI=1S/C22H26FN3O4/c1-3-4-13-24-22(28)16(2)25(15-17-9-11-19(23)12-10-17)21(27)14-18-7-5-6-8-20(18)26(29)30/h5-12,16H,3-4,13-15H2,1-2H3,(H,24,28). The van der Waals surface area contributed by atoms with E-state index in [-0.39, 0.29) is 30.1 Å². The van der Waals surface area contributed by atoms with Gasteiger partial charge in [-0.3, -0.25) is 19.7 Å². The molecule has 0 heterocycles. The summed E-state index contributed by atoms with van der Waals surface area (Å²) < 4.78 is 13.2. The molecule has 0 fully saturated rings. The molecule has 2 aromatic rings. The lowest BCUT2D eigenvalue weighted by molar-refractivity contribution is -0.385. The first-order valence-electron chi connectivity index (χ1n) is 9.87. The minimum Gasteiger partial charge on any atom is -0.354 e. The van der Waals surface area contributed by atoms with Crippen LogP contribution in [0.25, 0.3) is 0 Å². The summed E-state index contributed by atoms with van der Waals surface area (Å²) in [6, 6.07) is 10.9. The van der Waals surface area contributed by atoms with Crippen LogP contribution >= 0.6 is 0 Å². The summed E-state index contributed by atoms with van der Waals surface area (Å²) in [7, 11) is 0. The van der Waals surface area contributed by atoms with Crippen molar-refractivity contribution >= 4 is 17.5 Å². The second kappa shape index (κ2) is 11.0. The van der Waals surface area contributed by atoms with Gasteiger partial charge in [0.15, 0.2) is 0 Å². The van der Waals surface area contributed by atoms with Gasteiger partial charge in [0.25, 0.3) is 5.69 Å². The normalized spacial score (nSPS) is 11.6. The van der Waals surface area contributed by atoms with Crippen molar-refractivity contribution in [3.8, 4) is 0 Å². The predicted octanol–water partition coefficient (Wildman–Crippen LogP) is 3.61. The fourth-order valence-electron chi connectivity index (χ4n) is 3.01. The third-order valence-electron chi connectivity index (χ3n) is 4.79. The average Bonchev–Trinajstić information content (AvgIpc) is 2.73. The number of hydrogen-bond acceptors (Lipinski definition) is 4. The Morgan fingerprint density at radius 2 is 1.83 bits per heavy atom. The van der Waals surface area contributed by atoms with Crippen molar-refractivity contribution in [3.63, 3.8) is 0 Å². The summed E-state index contributed by atoms with van der Waals surface area (Å²) in [6.45, 7) is 4.21. The fraction of sp³-hybridized carbons (Fsp3) is 0.364. The molecule has 30 heavy (non-hydrogen) atoms. The van der Waals surface area contributed by atoms with Crippen LogP contribution in [-0.4, -0.2) is 34.2 Å². The number of nitro groups is 1. The lowest BCUT2D eigenvalue weighted by atomic mass is 10.1. The first kappa shape index (κ1) is 23.0. The van der Waals surface area contributed by atoms with Gasteiger partial charge < -0.3 is 10.2 Å². The number of carbonyl (C=O) groups excluding carboxylic acids is 2. The Morgan fingerprint density at radius 3 is 2.47 bits per heavy atom. The van der Waals surface area contributed by atoms with E-state index in [4.69, 9.17) is 0 Å². The van der Waals surface area contributed by atoms with E-state index in [1.807, 2.05) is 6.92 Å². The molecule has 1 unspecified atom stereocenters. The quantitative estimate of drug-likeness (QED) is 0.364. The number of nitrogens with zero attached hydrogens (tertiary/aromatic N) is 2. The van der Waals surface area contributed by atoms with Gasteiger partial charge in [-0.1, -0.05) is 43.7 Å². The molecule has 0 bridgehead atoms. The van der Waals surface area contributed by atoms with E-state index in [1.54, 1.807) is 25.1 Å². The van der Waals surface area contributed by atoms with Crippen LogP contribution in [0.15, 0.2) is 48.5 Å². The van der Waals surface area contributed by atoms with Crippen LogP contribution in [-0.2, 0) is 22.6 Å². The van der Waals surface area contributed by atoms with Gasteiger partial charge in [-0.15, -0.1) is 0 Å². The summed E-state index contributed by atoms with van der Waals surface area (Å²) in [6.07, 6.45) is 1.52. The molecule has 2 amide bonds. The van der Waals surface area contributed by atoms with Crippen molar-refractivity contribution in [1.82, 2.24) is 10.2 Å². The Morgan fingerprint density at radius 1 is 1.17 bits per heavy atom. The van der Waals surface area contributed by atoms with Gasteiger partial charge in [0, 0.05) is 24.7 Å².